The number of nitrogens with two attached hydrogens (primary N) is 1. The summed E-state index contributed by atoms with van der Waals surface area (Å²) in [4.78, 5) is 15.3. The number of hydrogen-bond acceptors (Lipinski definition) is 4. The molecule has 1 amide bonds. The quantitative estimate of drug-likeness (QED) is 0.864. The fraction of sp³-hybridized carbons (Fsp3) is 0.125. The van der Waals surface area contributed by atoms with E-state index in [0.717, 1.165) is 4.88 Å². The summed E-state index contributed by atoms with van der Waals surface area (Å²) in [6, 6.07) is 12.5. The number of carbonyl (C=O) groups excluding carboxylic acids is 1. The maximum atomic E-state index is 12.4. The van der Waals surface area contributed by atoms with E-state index in [-0.39, 0.29) is 5.91 Å². The molecule has 0 radical (unpaired) electrons. The van der Waals surface area contributed by atoms with Crippen LogP contribution >= 0.6 is 11.3 Å². The van der Waals surface area contributed by atoms with Crippen LogP contribution in [-0.4, -0.2) is 19.5 Å². The highest BCUT2D eigenvalue weighted by Crippen LogP contribution is 2.21. The van der Waals surface area contributed by atoms with Gasteiger partial charge in [0, 0.05) is 12.7 Å². The third kappa shape index (κ3) is 3.49. The second-order valence-electron chi connectivity index (χ2n) is 4.20. The molecular weight excluding hydrogens is 282 g/mol. The van der Waals surface area contributed by atoms with Gasteiger partial charge in [0.25, 0.3) is 5.91 Å². The monoisotopic (exact) mass is 295 g/mol. The Balaban J connectivity index is 2.22. The van der Waals surface area contributed by atoms with E-state index in [1.54, 1.807) is 43.4 Å². The van der Waals surface area contributed by atoms with Crippen molar-refractivity contribution in [3.63, 3.8) is 0 Å². The van der Waals surface area contributed by atoms with Crippen molar-refractivity contribution in [2.75, 3.05) is 18.5 Å². The van der Waals surface area contributed by atoms with E-state index < -0.39 is 0 Å². The molecule has 5 heteroatoms. The Morgan fingerprint density at radius 3 is 2.90 bits per heavy atom. The maximum Gasteiger partial charge on any atom is 0.268 e. The third-order valence-corrected chi connectivity index (χ3v) is 3.79. The van der Waals surface area contributed by atoms with Crippen LogP contribution < -0.4 is 10.6 Å². The first kappa shape index (κ1) is 14.8. The van der Waals surface area contributed by atoms with Crippen LogP contribution in [0.1, 0.15) is 20.1 Å². The number of amides is 1. The summed E-state index contributed by atoms with van der Waals surface area (Å²) in [6.45, 7) is 0.294. The van der Waals surface area contributed by atoms with Crippen molar-refractivity contribution in [2.24, 2.45) is 5.73 Å². The highest BCUT2D eigenvalue weighted by atomic mass is 32.1. The minimum absolute atomic E-state index is 0.129. The summed E-state index contributed by atoms with van der Waals surface area (Å²) in [7, 11) is 1.68. The van der Waals surface area contributed by atoms with E-state index in [1.165, 1.54) is 16.2 Å². The SMILES string of the molecule is CN(C(=O)c1ccc(C#CCN)s1)c1cccc(C#N)c1. The topological polar surface area (TPSA) is 70.1 Å². The highest BCUT2D eigenvalue weighted by molar-refractivity contribution is 7.14. The second-order valence-corrected chi connectivity index (χ2v) is 5.28. The van der Waals surface area contributed by atoms with Crippen molar-refractivity contribution >= 4 is 22.9 Å². The summed E-state index contributed by atoms with van der Waals surface area (Å²) < 4.78 is 0. The number of thiophene rings is 1. The van der Waals surface area contributed by atoms with Gasteiger partial charge in [-0.05, 0) is 30.3 Å². The molecule has 104 valence electrons. The van der Waals surface area contributed by atoms with E-state index in [9.17, 15) is 4.79 Å². The Labute approximate surface area is 127 Å². The molecule has 2 N–H and O–H groups in total. The lowest BCUT2D eigenvalue weighted by molar-refractivity contribution is 0.0997. The van der Waals surface area contributed by atoms with Crippen molar-refractivity contribution in [1.82, 2.24) is 0 Å². The zero-order valence-corrected chi connectivity index (χ0v) is 12.3. The Kier molecular flexibility index (Phi) is 4.73. The van der Waals surface area contributed by atoms with Crippen molar-refractivity contribution in [3.8, 4) is 17.9 Å². The molecule has 1 aromatic heterocycles. The molecule has 0 aliphatic heterocycles. The van der Waals surface area contributed by atoms with Gasteiger partial charge < -0.3 is 10.6 Å². The van der Waals surface area contributed by atoms with Crippen LogP contribution in [0.2, 0.25) is 0 Å². The van der Waals surface area contributed by atoms with E-state index in [1.807, 2.05) is 0 Å². The van der Waals surface area contributed by atoms with Gasteiger partial charge in [-0.15, -0.1) is 11.3 Å². The van der Waals surface area contributed by atoms with Gasteiger partial charge in [-0.1, -0.05) is 17.9 Å². The van der Waals surface area contributed by atoms with Gasteiger partial charge >= 0.3 is 0 Å². The molecule has 1 aromatic carbocycles. The number of hydrogen-bond donors (Lipinski definition) is 1. The summed E-state index contributed by atoms with van der Waals surface area (Å²) in [5.74, 6) is 5.54. The molecule has 1 heterocycles. The maximum absolute atomic E-state index is 12.4. The lowest BCUT2D eigenvalue weighted by atomic mass is 10.2. The smallest absolute Gasteiger partial charge is 0.268 e. The fourth-order valence-electron chi connectivity index (χ4n) is 1.72. The van der Waals surface area contributed by atoms with E-state index >= 15 is 0 Å². The lowest BCUT2D eigenvalue weighted by Gasteiger charge is -2.16. The van der Waals surface area contributed by atoms with Crippen LogP contribution in [0.5, 0.6) is 0 Å². The Morgan fingerprint density at radius 1 is 1.38 bits per heavy atom. The van der Waals surface area contributed by atoms with Crippen molar-refractivity contribution in [1.29, 1.82) is 5.26 Å². The summed E-state index contributed by atoms with van der Waals surface area (Å²) in [5.41, 5.74) is 6.53. The molecule has 4 nitrogen and oxygen atoms in total. The van der Waals surface area contributed by atoms with Crippen molar-refractivity contribution in [2.45, 2.75) is 0 Å². The normalized spacial score (nSPS) is 9.38. The van der Waals surface area contributed by atoms with Gasteiger partial charge in [-0.2, -0.15) is 5.26 Å². The third-order valence-electron chi connectivity index (χ3n) is 2.80. The van der Waals surface area contributed by atoms with Crippen LogP contribution in [0.3, 0.4) is 0 Å². The average molecular weight is 295 g/mol. The fourth-order valence-corrected chi connectivity index (χ4v) is 2.58. The first-order chi connectivity index (χ1) is 10.2. The van der Waals surface area contributed by atoms with Gasteiger partial charge in [-0.3, -0.25) is 4.79 Å². The molecular formula is C16H13N3OS. The summed E-state index contributed by atoms with van der Waals surface area (Å²) >= 11 is 1.33. The van der Waals surface area contributed by atoms with E-state index in [2.05, 4.69) is 17.9 Å². The largest absolute Gasteiger partial charge is 0.320 e. The molecule has 2 rings (SSSR count). The molecule has 0 fully saturated rings. The molecule has 0 atom stereocenters. The zero-order valence-electron chi connectivity index (χ0n) is 11.5. The molecule has 0 spiro atoms. The predicted octanol–water partition coefficient (Wildman–Crippen LogP) is 2.21. The van der Waals surface area contributed by atoms with Gasteiger partial charge in [0.1, 0.15) is 0 Å². The van der Waals surface area contributed by atoms with E-state index in [4.69, 9.17) is 11.0 Å². The van der Waals surface area contributed by atoms with Crippen molar-refractivity contribution in [3.05, 3.63) is 51.7 Å². The first-order valence-corrected chi connectivity index (χ1v) is 7.04. The Bertz CT molecular complexity index is 762. The average Bonchev–Trinajstić information content (AvgIpc) is 3.00. The van der Waals surface area contributed by atoms with Gasteiger partial charge in [0.15, 0.2) is 0 Å². The Hall–Kier alpha value is -2.60. The molecule has 21 heavy (non-hydrogen) atoms. The molecule has 0 saturated carbocycles. The minimum Gasteiger partial charge on any atom is -0.320 e. The number of benzene rings is 1. The molecule has 0 bridgehead atoms. The number of anilines is 1. The van der Waals surface area contributed by atoms with Crippen LogP contribution in [0.15, 0.2) is 36.4 Å². The molecule has 0 saturated heterocycles. The molecule has 2 aromatic rings. The second kappa shape index (κ2) is 6.71. The lowest BCUT2D eigenvalue weighted by Crippen LogP contribution is -2.25. The predicted molar refractivity (Wildman–Crippen MR) is 84.1 cm³/mol. The van der Waals surface area contributed by atoms with Crippen LogP contribution in [0, 0.1) is 23.2 Å². The molecule has 0 unspecified atom stereocenters. The number of nitriles is 1. The zero-order chi connectivity index (χ0) is 15.2. The summed E-state index contributed by atoms with van der Waals surface area (Å²) in [5, 5.41) is 8.91. The number of rotatable bonds is 2. The minimum atomic E-state index is -0.129. The molecule has 0 aliphatic rings. The molecule has 0 aliphatic carbocycles. The van der Waals surface area contributed by atoms with Gasteiger partial charge in [-0.25, -0.2) is 0 Å². The number of nitrogens with zero attached hydrogens (tertiary/aromatic N) is 2. The van der Waals surface area contributed by atoms with Crippen LogP contribution in [0.4, 0.5) is 5.69 Å². The number of carbonyl (C=O) groups is 1. The highest BCUT2D eigenvalue weighted by Gasteiger charge is 2.15. The standard InChI is InChI=1S/C16H13N3OS/c1-19(13-5-2-4-12(10-13)11-18)16(20)15-8-7-14(21-15)6-3-9-17/h2,4-5,7-8,10H,9,17H2,1H3. The van der Waals surface area contributed by atoms with Gasteiger partial charge in [0.05, 0.1) is 27.9 Å². The van der Waals surface area contributed by atoms with Crippen molar-refractivity contribution < 1.29 is 4.79 Å². The first-order valence-electron chi connectivity index (χ1n) is 6.22. The van der Waals surface area contributed by atoms with Crippen LogP contribution in [-0.2, 0) is 0 Å². The van der Waals surface area contributed by atoms with Gasteiger partial charge in [0.2, 0.25) is 0 Å². The summed E-state index contributed by atoms with van der Waals surface area (Å²) in [6.07, 6.45) is 0. The van der Waals surface area contributed by atoms with Crippen LogP contribution in [0.25, 0.3) is 0 Å². The Morgan fingerprint density at radius 2 is 2.19 bits per heavy atom. The van der Waals surface area contributed by atoms with E-state index in [0.29, 0.717) is 22.7 Å².